The molecule has 0 aliphatic rings. The normalized spacial score (nSPS) is 11.0. The summed E-state index contributed by atoms with van der Waals surface area (Å²) in [4.78, 5) is 30.7. The van der Waals surface area contributed by atoms with E-state index in [-0.39, 0.29) is 5.56 Å². The Bertz CT molecular complexity index is 1100. The molecule has 7 nitrogen and oxygen atoms in total. The van der Waals surface area contributed by atoms with E-state index >= 15 is 0 Å². The van der Waals surface area contributed by atoms with Gasteiger partial charge in [-0.3, -0.25) is 14.8 Å². The second kappa shape index (κ2) is 7.74. The average Bonchev–Trinajstić information content (AvgIpc) is 2.63. The van der Waals surface area contributed by atoms with Crippen molar-refractivity contribution in [3.05, 3.63) is 80.5 Å². The Morgan fingerprint density at radius 1 is 1.19 bits per heavy atom. The van der Waals surface area contributed by atoms with Crippen molar-refractivity contribution in [2.75, 3.05) is 6.61 Å². The number of nitrogens with one attached hydrogen (secondary N) is 1. The molecule has 3 rings (SSSR count). The van der Waals surface area contributed by atoms with E-state index in [0.29, 0.717) is 23.7 Å². The van der Waals surface area contributed by atoms with E-state index in [1.807, 2.05) is 19.9 Å². The Balaban J connectivity index is 2.02. The number of hydrogen-bond acceptors (Lipinski definition) is 5. The van der Waals surface area contributed by atoms with Gasteiger partial charge in [0, 0.05) is 6.21 Å². The maximum absolute atomic E-state index is 12.2. The fourth-order valence-electron chi connectivity index (χ4n) is 2.60. The van der Waals surface area contributed by atoms with Crippen LogP contribution in [0.5, 0.6) is 11.6 Å². The van der Waals surface area contributed by atoms with Gasteiger partial charge in [0.25, 0.3) is 5.56 Å². The maximum Gasteiger partial charge on any atom is 0.335 e. The van der Waals surface area contributed by atoms with E-state index in [0.717, 1.165) is 10.1 Å². The lowest BCUT2D eigenvalue weighted by Gasteiger charge is -2.10. The van der Waals surface area contributed by atoms with Crippen LogP contribution in [-0.2, 0) is 0 Å². The Morgan fingerprint density at radius 2 is 1.93 bits per heavy atom. The monoisotopic (exact) mass is 365 g/mol. The van der Waals surface area contributed by atoms with Crippen LogP contribution < -0.4 is 16.0 Å². The number of ether oxygens (including phenoxy) is 1. The molecule has 3 aromatic rings. The Hall–Kier alpha value is -3.61. The standard InChI is InChI=1S/C20H19N3O4/c1-3-27-16-9-7-14(8-10-16)21-12-17-18(24)22-20(26)23(19(17)25)15-6-4-5-13(2)11-15/h4-12,25H,3H2,1-2H3,(H,22,24,26). The summed E-state index contributed by atoms with van der Waals surface area (Å²) in [5, 5.41) is 10.5. The lowest BCUT2D eigenvalue weighted by Crippen LogP contribution is -2.31. The highest BCUT2D eigenvalue weighted by Crippen LogP contribution is 2.20. The van der Waals surface area contributed by atoms with Crippen molar-refractivity contribution in [1.82, 2.24) is 9.55 Å². The highest BCUT2D eigenvalue weighted by atomic mass is 16.5. The van der Waals surface area contributed by atoms with Gasteiger partial charge in [-0.15, -0.1) is 0 Å². The van der Waals surface area contributed by atoms with Crippen LogP contribution in [0.15, 0.2) is 63.1 Å². The molecule has 7 heteroatoms. The van der Waals surface area contributed by atoms with Crippen LogP contribution in [0.3, 0.4) is 0 Å². The number of aromatic hydroxyl groups is 1. The SMILES string of the molecule is CCOc1ccc(N=Cc2c(O)n(-c3cccc(C)c3)c(=O)[nH]c2=O)cc1. The largest absolute Gasteiger partial charge is 0.494 e. The zero-order chi connectivity index (χ0) is 19.4. The first-order chi connectivity index (χ1) is 13.0. The summed E-state index contributed by atoms with van der Waals surface area (Å²) in [7, 11) is 0. The topological polar surface area (TPSA) is 96.7 Å². The van der Waals surface area contributed by atoms with Gasteiger partial charge in [-0.25, -0.2) is 9.36 Å². The lowest BCUT2D eigenvalue weighted by molar-refractivity contribution is 0.340. The number of aromatic amines is 1. The van der Waals surface area contributed by atoms with Crippen LogP contribution >= 0.6 is 0 Å². The molecule has 27 heavy (non-hydrogen) atoms. The van der Waals surface area contributed by atoms with Gasteiger partial charge in [0.2, 0.25) is 5.88 Å². The zero-order valence-corrected chi connectivity index (χ0v) is 15.0. The van der Waals surface area contributed by atoms with Crippen molar-refractivity contribution >= 4 is 11.9 Å². The first kappa shape index (κ1) is 18.2. The first-order valence-electron chi connectivity index (χ1n) is 8.42. The van der Waals surface area contributed by atoms with Gasteiger partial charge in [-0.05, 0) is 55.8 Å². The molecule has 138 valence electrons. The smallest absolute Gasteiger partial charge is 0.335 e. The van der Waals surface area contributed by atoms with Crippen molar-refractivity contribution in [3.63, 3.8) is 0 Å². The fourth-order valence-corrected chi connectivity index (χ4v) is 2.60. The molecule has 0 bridgehead atoms. The molecular formula is C20H19N3O4. The minimum atomic E-state index is -0.721. The van der Waals surface area contributed by atoms with Crippen LogP contribution in [0.2, 0.25) is 0 Å². The summed E-state index contributed by atoms with van der Waals surface area (Å²) in [6, 6.07) is 14.0. The van der Waals surface area contributed by atoms with Crippen LogP contribution in [0, 0.1) is 6.92 Å². The second-order valence-electron chi connectivity index (χ2n) is 5.86. The van der Waals surface area contributed by atoms with Crippen molar-refractivity contribution in [1.29, 1.82) is 0 Å². The van der Waals surface area contributed by atoms with Crippen LogP contribution in [0.25, 0.3) is 5.69 Å². The number of benzene rings is 2. The van der Waals surface area contributed by atoms with E-state index in [2.05, 4.69) is 9.98 Å². The summed E-state index contributed by atoms with van der Waals surface area (Å²) < 4.78 is 6.40. The average molecular weight is 365 g/mol. The fraction of sp³-hybridized carbons (Fsp3) is 0.150. The molecule has 0 saturated carbocycles. The molecular weight excluding hydrogens is 346 g/mol. The van der Waals surface area contributed by atoms with E-state index in [1.165, 1.54) is 6.21 Å². The molecule has 0 radical (unpaired) electrons. The number of rotatable bonds is 5. The number of hydrogen-bond donors (Lipinski definition) is 2. The number of H-pyrrole nitrogens is 1. The molecule has 0 spiro atoms. The van der Waals surface area contributed by atoms with Crippen molar-refractivity contribution in [2.24, 2.45) is 4.99 Å². The molecule has 1 heterocycles. The van der Waals surface area contributed by atoms with Gasteiger partial charge in [0.1, 0.15) is 11.3 Å². The zero-order valence-electron chi connectivity index (χ0n) is 15.0. The van der Waals surface area contributed by atoms with Gasteiger partial charge in [0.05, 0.1) is 18.0 Å². The Labute approximate surface area is 155 Å². The second-order valence-corrected chi connectivity index (χ2v) is 5.86. The van der Waals surface area contributed by atoms with Gasteiger partial charge in [-0.2, -0.15) is 0 Å². The predicted octanol–water partition coefficient (Wildman–Crippen LogP) is 2.69. The van der Waals surface area contributed by atoms with Gasteiger partial charge in [-0.1, -0.05) is 12.1 Å². The molecule has 0 aliphatic heterocycles. The molecule has 0 amide bonds. The first-order valence-corrected chi connectivity index (χ1v) is 8.42. The molecule has 0 aliphatic carbocycles. The predicted molar refractivity (Wildman–Crippen MR) is 104 cm³/mol. The van der Waals surface area contributed by atoms with Crippen molar-refractivity contribution in [3.8, 4) is 17.3 Å². The number of nitrogens with zero attached hydrogens (tertiary/aromatic N) is 2. The van der Waals surface area contributed by atoms with E-state index in [4.69, 9.17) is 4.74 Å². The van der Waals surface area contributed by atoms with Gasteiger partial charge < -0.3 is 9.84 Å². The van der Waals surface area contributed by atoms with Crippen LogP contribution in [-0.4, -0.2) is 27.5 Å². The minimum Gasteiger partial charge on any atom is -0.494 e. The number of aryl methyl sites for hydroxylation is 1. The molecule has 0 fully saturated rings. The van der Waals surface area contributed by atoms with Gasteiger partial charge in [0.15, 0.2) is 0 Å². The number of aliphatic imine (C=N–C) groups is 1. The summed E-state index contributed by atoms with van der Waals surface area (Å²) in [6.07, 6.45) is 1.23. The lowest BCUT2D eigenvalue weighted by atomic mass is 10.2. The van der Waals surface area contributed by atoms with Gasteiger partial charge >= 0.3 is 5.69 Å². The van der Waals surface area contributed by atoms with E-state index in [9.17, 15) is 14.7 Å². The summed E-state index contributed by atoms with van der Waals surface area (Å²) in [6.45, 7) is 4.32. The quantitative estimate of drug-likeness (QED) is 0.680. The molecule has 0 saturated heterocycles. The highest BCUT2D eigenvalue weighted by molar-refractivity contribution is 5.84. The minimum absolute atomic E-state index is 0.106. The van der Waals surface area contributed by atoms with Crippen LogP contribution in [0.1, 0.15) is 18.1 Å². The molecule has 0 atom stereocenters. The maximum atomic E-state index is 12.2. The molecule has 0 unspecified atom stereocenters. The highest BCUT2D eigenvalue weighted by Gasteiger charge is 2.14. The molecule has 2 N–H and O–H groups in total. The van der Waals surface area contributed by atoms with Crippen molar-refractivity contribution < 1.29 is 9.84 Å². The molecule has 1 aromatic heterocycles. The van der Waals surface area contributed by atoms with Crippen molar-refractivity contribution in [2.45, 2.75) is 13.8 Å². The summed E-state index contributed by atoms with van der Waals surface area (Å²) >= 11 is 0. The summed E-state index contributed by atoms with van der Waals surface area (Å²) in [5.74, 6) is 0.245. The summed E-state index contributed by atoms with van der Waals surface area (Å²) in [5.41, 5.74) is 0.395. The number of aromatic nitrogens is 2. The third kappa shape index (κ3) is 3.98. The van der Waals surface area contributed by atoms with Crippen LogP contribution in [0.4, 0.5) is 5.69 Å². The third-order valence-electron chi connectivity index (χ3n) is 3.87. The molecule has 2 aromatic carbocycles. The van der Waals surface area contributed by atoms with E-state index in [1.54, 1.807) is 42.5 Å². The Kier molecular flexibility index (Phi) is 5.21. The third-order valence-corrected chi connectivity index (χ3v) is 3.87. The Morgan fingerprint density at radius 3 is 2.59 bits per heavy atom. The van der Waals surface area contributed by atoms with E-state index < -0.39 is 17.1 Å².